The average Bonchev–Trinajstić information content (AvgIpc) is 2.99. The molecule has 1 saturated heterocycles. The summed E-state index contributed by atoms with van der Waals surface area (Å²) in [4.78, 5) is 0. The van der Waals surface area contributed by atoms with E-state index in [9.17, 15) is 0 Å². The van der Waals surface area contributed by atoms with Gasteiger partial charge in [0.25, 0.3) is 0 Å². The summed E-state index contributed by atoms with van der Waals surface area (Å²) in [6.07, 6.45) is 8.04. The Morgan fingerprint density at radius 3 is 2.79 bits per heavy atom. The first-order valence-corrected chi connectivity index (χ1v) is 6.08. The summed E-state index contributed by atoms with van der Waals surface area (Å²) in [6, 6.07) is 0. The van der Waals surface area contributed by atoms with E-state index in [1.165, 1.54) is 0 Å². The summed E-state index contributed by atoms with van der Waals surface area (Å²) in [5.41, 5.74) is 0. The van der Waals surface area contributed by atoms with Gasteiger partial charge in [0.2, 0.25) is 0 Å². The summed E-state index contributed by atoms with van der Waals surface area (Å²) in [5.74, 6) is 0. The lowest BCUT2D eigenvalue weighted by molar-refractivity contribution is 0.115. The maximum Gasteiger partial charge on any atom is 0.145 e. The Labute approximate surface area is 89.0 Å². The predicted molar refractivity (Wildman–Crippen MR) is 59.4 cm³/mol. The van der Waals surface area contributed by atoms with Crippen molar-refractivity contribution in [2.45, 2.75) is 25.4 Å². The van der Waals surface area contributed by atoms with Gasteiger partial charge in [0.1, 0.15) is 16.6 Å². The highest BCUT2D eigenvalue weighted by molar-refractivity contribution is 5.97. The lowest BCUT2D eigenvalue weighted by Gasteiger charge is -1.99. The average molecular weight is 216 g/mol. The van der Waals surface area contributed by atoms with Crippen LogP contribution in [0, 0.1) is 0 Å². The van der Waals surface area contributed by atoms with Crippen LogP contribution in [0.25, 0.3) is 0 Å². The molecule has 0 bridgehead atoms. The molecule has 1 aliphatic heterocycles. The molecular weight excluding hydrogens is 196 g/mol. The van der Waals surface area contributed by atoms with Gasteiger partial charge in [-0.05, 0) is 19.3 Å². The fourth-order valence-electron chi connectivity index (χ4n) is 1.10. The maximum atomic E-state index is 5.41. The van der Waals surface area contributed by atoms with E-state index in [1.54, 1.807) is 0 Å². The third-order valence-electron chi connectivity index (χ3n) is 2.02. The highest BCUT2D eigenvalue weighted by Crippen LogP contribution is 2.08. The second-order valence-electron chi connectivity index (χ2n) is 3.43. The van der Waals surface area contributed by atoms with Gasteiger partial charge in [0.15, 0.2) is 0 Å². The quantitative estimate of drug-likeness (QED) is 0.242. The van der Waals surface area contributed by atoms with Gasteiger partial charge in [-0.3, -0.25) is 0 Å². The molecule has 4 heteroatoms. The normalized spacial score (nSPS) is 20.7. The van der Waals surface area contributed by atoms with E-state index in [0.29, 0.717) is 6.10 Å². The van der Waals surface area contributed by atoms with Gasteiger partial charge < -0.3 is 13.9 Å². The molecular formula is C10H20O3Si. The number of rotatable bonds is 9. The molecule has 0 N–H and O–H groups in total. The Bertz CT molecular complexity index is 157. The van der Waals surface area contributed by atoms with Crippen molar-refractivity contribution in [1.82, 2.24) is 0 Å². The first kappa shape index (κ1) is 11.9. The van der Waals surface area contributed by atoms with Crippen LogP contribution in [0.5, 0.6) is 0 Å². The van der Waals surface area contributed by atoms with E-state index < -0.39 is 0 Å². The SMILES string of the molecule is [SiH3]OCCC=CCCCOCC1CO1. The molecule has 14 heavy (non-hydrogen) atoms. The first-order chi connectivity index (χ1) is 6.93. The molecule has 1 rings (SSSR count). The van der Waals surface area contributed by atoms with Crippen molar-refractivity contribution in [2.24, 2.45) is 0 Å². The van der Waals surface area contributed by atoms with Crippen molar-refractivity contribution in [1.29, 1.82) is 0 Å². The van der Waals surface area contributed by atoms with Crippen LogP contribution in [0.15, 0.2) is 12.2 Å². The molecule has 1 unspecified atom stereocenters. The van der Waals surface area contributed by atoms with Crippen LogP contribution in [0.3, 0.4) is 0 Å². The molecule has 1 heterocycles. The fraction of sp³-hybridized carbons (Fsp3) is 0.800. The van der Waals surface area contributed by atoms with Gasteiger partial charge >= 0.3 is 0 Å². The molecule has 0 aromatic rings. The van der Waals surface area contributed by atoms with Gasteiger partial charge in [-0.25, -0.2) is 0 Å². The molecule has 0 aromatic heterocycles. The highest BCUT2D eigenvalue weighted by Gasteiger charge is 2.21. The molecule has 1 aliphatic rings. The molecule has 82 valence electrons. The standard InChI is InChI=1S/C10H20O3Si/c14-13-7-5-3-1-2-4-6-11-8-10-9-12-10/h1,3,10H,2,4-9H2,14H3. The van der Waals surface area contributed by atoms with Gasteiger partial charge in [-0.1, -0.05) is 12.2 Å². The Kier molecular flexibility index (Phi) is 6.95. The number of epoxide rings is 1. The second-order valence-corrected chi connectivity index (χ2v) is 4.00. The number of unbranched alkanes of at least 4 members (excludes halogenated alkanes) is 1. The number of ether oxygens (including phenoxy) is 2. The molecule has 3 nitrogen and oxygen atoms in total. The molecule has 0 radical (unpaired) electrons. The Morgan fingerprint density at radius 1 is 1.29 bits per heavy atom. The molecule has 0 saturated carbocycles. The summed E-state index contributed by atoms with van der Waals surface area (Å²) >= 11 is 0. The van der Waals surface area contributed by atoms with Gasteiger partial charge in [-0.2, -0.15) is 0 Å². The van der Waals surface area contributed by atoms with Crippen molar-refractivity contribution in [3.63, 3.8) is 0 Å². The molecule has 1 fully saturated rings. The zero-order valence-electron chi connectivity index (χ0n) is 8.91. The Balaban J connectivity index is 1.72. The molecule has 0 aromatic carbocycles. The monoisotopic (exact) mass is 216 g/mol. The summed E-state index contributed by atoms with van der Waals surface area (Å²) in [5, 5.41) is 0. The van der Waals surface area contributed by atoms with Crippen LogP contribution in [-0.2, 0) is 13.9 Å². The van der Waals surface area contributed by atoms with Crippen LogP contribution in [-0.4, -0.2) is 43.0 Å². The number of hydrogen-bond acceptors (Lipinski definition) is 3. The zero-order valence-corrected chi connectivity index (χ0v) is 10.9. The summed E-state index contributed by atoms with van der Waals surface area (Å²) in [6.45, 7) is 3.39. The zero-order chi connectivity index (χ0) is 10.1. The third kappa shape index (κ3) is 7.26. The van der Waals surface area contributed by atoms with Crippen LogP contribution in [0.4, 0.5) is 0 Å². The highest BCUT2D eigenvalue weighted by atomic mass is 28.2. The Morgan fingerprint density at radius 2 is 2.07 bits per heavy atom. The van der Waals surface area contributed by atoms with Crippen LogP contribution < -0.4 is 0 Å². The van der Waals surface area contributed by atoms with Crippen molar-refractivity contribution in [3.05, 3.63) is 12.2 Å². The van der Waals surface area contributed by atoms with Gasteiger partial charge in [0, 0.05) is 13.2 Å². The minimum absolute atomic E-state index is 0.399. The van der Waals surface area contributed by atoms with Gasteiger partial charge in [0.05, 0.1) is 13.2 Å². The van der Waals surface area contributed by atoms with Crippen LogP contribution >= 0.6 is 0 Å². The molecule has 0 amide bonds. The van der Waals surface area contributed by atoms with E-state index in [2.05, 4.69) is 12.2 Å². The summed E-state index contributed by atoms with van der Waals surface area (Å²) < 4.78 is 15.5. The van der Waals surface area contributed by atoms with E-state index in [-0.39, 0.29) is 0 Å². The van der Waals surface area contributed by atoms with E-state index in [0.717, 1.165) is 56.2 Å². The molecule has 0 spiro atoms. The predicted octanol–water partition coefficient (Wildman–Crippen LogP) is 0.425. The molecule has 0 aliphatic carbocycles. The summed E-state index contributed by atoms with van der Waals surface area (Å²) in [7, 11) is 0.848. The van der Waals surface area contributed by atoms with Crippen LogP contribution in [0.2, 0.25) is 0 Å². The smallest absolute Gasteiger partial charge is 0.145 e. The number of allylic oxidation sites excluding steroid dienone is 1. The van der Waals surface area contributed by atoms with E-state index >= 15 is 0 Å². The number of hydrogen-bond donors (Lipinski definition) is 0. The largest absolute Gasteiger partial charge is 0.428 e. The third-order valence-corrected chi connectivity index (χ3v) is 2.43. The lowest BCUT2D eigenvalue weighted by Crippen LogP contribution is -2.02. The maximum absolute atomic E-state index is 5.41. The van der Waals surface area contributed by atoms with Crippen molar-refractivity contribution < 1.29 is 13.9 Å². The van der Waals surface area contributed by atoms with Crippen molar-refractivity contribution in [3.8, 4) is 0 Å². The fourth-order valence-corrected chi connectivity index (χ4v) is 1.34. The van der Waals surface area contributed by atoms with E-state index in [4.69, 9.17) is 13.9 Å². The van der Waals surface area contributed by atoms with Crippen molar-refractivity contribution >= 4 is 10.5 Å². The molecule has 1 atom stereocenters. The lowest BCUT2D eigenvalue weighted by atomic mass is 10.3. The second kappa shape index (κ2) is 8.17. The van der Waals surface area contributed by atoms with Crippen LogP contribution in [0.1, 0.15) is 19.3 Å². The first-order valence-electron chi connectivity index (χ1n) is 5.26. The minimum atomic E-state index is 0.399. The minimum Gasteiger partial charge on any atom is -0.428 e. The Hall–Kier alpha value is -0.163. The topological polar surface area (TPSA) is 31.0 Å². The van der Waals surface area contributed by atoms with E-state index in [1.807, 2.05) is 0 Å². The van der Waals surface area contributed by atoms with Gasteiger partial charge in [-0.15, -0.1) is 0 Å². The van der Waals surface area contributed by atoms with Crippen molar-refractivity contribution in [2.75, 3.05) is 26.4 Å².